The summed E-state index contributed by atoms with van der Waals surface area (Å²) in [7, 11) is 0. The van der Waals surface area contributed by atoms with Crippen molar-refractivity contribution in [3.63, 3.8) is 0 Å². The van der Waals surface area contributed by atoms with E-state index < -0.39 is 0 Å². The number of aromatic nitrogens is 3. The maximum absolute atomic E-state index is 12.9. The number of halogens is 1. The number of rotatable bonds is 8. The molecule has 6 nitrogen and oxygen atoms in total. The van der Waals surface area contributed by atoms with Crippen LogP contribution in [-0.4, -0.2) is 51.8 Å². The van der Waals surface area contributed by atoms with Crippen LogP contribution in [0.1, 0.15) is 37.5 Å². The molecule has 1 amide bonds. The number of benzene rings is 1. The Bertz CT molecular complexity index is 774. The van der Waals surface area contributed by atoms with Gasteiger partial charge in [-0.05, 0) is 23.6 Å². The van der Waals surface area contributed by atoms with Crippen molar-refractivity contribution >= 4 is 5.91 Å². The van der Waals surface area contributed by atoms with Crippen molar-refractivity contribution in [2.75, 3.05) is 26.2 Å². The number of nitrogens with zero attached hydrogens (tertiary/aromatic N) is 4. The lowest BCUT2D eigenvalue weighted by Crippen LogP contribution is -2.31. The number of carbonyl (C=O) groups excluding carboxylic acids is 1. The minimum atomic E-state index is -0.292. The Morgan fingerprint density at radius 2 is 2.00 bits per heavy atom. The molecule has 0 spiro atoms. The number of nitrogens with one attached hydrogen (secondary N) is 1. The average Bonchev–Trinajstić information content (AvgIpc) is 2.96. The third kappa shape index (κ3) is 5.61. The minimum Gasteiger partial charge on any atom is -0.355 e. The summed E-state index contributed by atoms with van der Waals surface area (Å²) in [5.74, 6) is 2.32. The number of fused-ring (bicyclic) bond motifs is 1. The highest BCUT2D eigenvalue weighted by Gasteiger charge is 2.19. The van der Waals surface area contributed by atoms with Crippen LogP contribution in [-0.2, 0) is 30.6 Å². The van der Waals surface area contributed by atoms with Crippen LogP contribution in [0.5, 0.6) is 0 Å². The molecule has 28 heavy (non-hydrogen) atoms. The van der Waals surface area contributed by atoms with Gasteiger partial charge in [-0.2, -0.15) is 0 Å². The van der Waals surface area contributed by atoms with Gasteiger partial charge in [0, 0.05) is 45.6 Å². The molecule has 0 saturated carbocycles. The Morgan fingerprint density at radius 1 is 1.21 bits per heavy atom. The normalized spacial score (nSPS) is 15.7. The van der Waals surface area contributed by atoms with Crippen molar-refractivity contribution in [1.82, 2.24) is 25.0 Å². The van der Waals surface area contributed by atoms with Gasteiger partial charge in [0.1, 0.15) is 17.5 Å². The standard InChI is InChI=1S/C21H30FN5O/c1-3-16(2)15-26-11-9-20-25-24-19(27(20)13-12-26)8-10-23-21(28)14-17-4-6-18(22)7-5-17/h4-7,16H,3,8-15H2,1-2H3,(H,23,28). The van der Waals surface area contributed by atoms with E-state index >= 15 is 0 Å². The van der Waals surface area contributed by atoms with Crippen molar-refractivity contribution in [2.24, 2.45) is 5.92 Å². The molecule has 1 unspecified atom stereocenters. The molecule has 3 rings (SSSR count). The molecule has 2 aromatic rings. The largest absolute Gasteiger partial charge is 0.355 e. The number of carbonyl (C=O) groups is 1. The second kappa shape index (κ2) is 9.78. The fraction of sp³-hybridized carbons (Fsp3) is 0.571. The molecule has 0 aliphatic carbocycles. The van der Waals surface area contributed by atoms with Crippen molar-refractivity contribution < 1.29 is 9.18 Å². The Balaban J connectivity index is 1.47. The van der Waals surface area contributed by atoms with E-state index in [0.717, 1.165) is 49.8 Å². The van der Waals surface area contributed by atoms with E-state index in [4.69, 9.17) is 0 Å². The van der Waals surface area contributed by atoms with E-state index in [2.05, 4.69) is 38.8 Å². The summed E-state index contributed by atoms with van der Waals surface area (Å²) in [6, 6.07) is 6.02. The number of amides is 1. The Labute approximate surface area is 166 Å². The average molecular weight is 388 g/mol. The topological polar surface area (TPSA) is 63.1 Å². The van der Waals surface area contributed by atoms with E-state index in [1.807, 2.05) is 0 Å². The van der Waals surface area contributed by atoms with Gasteiger partial charge < -0.3 is 14.8 Å². The van der Waals surface area contributed by atoms with Gasteiger partial charge in [0.15, 0.2) is 0 Å². The van der Waals surface area contributed by atoms with Gasteiger partial charge >= 0.3 is 0 Å². The fourth-order valence-corrected chi connectivity index (χ4v) is 3.53. The first-order valence-corrected chi connectivity index (χ1v) is 10.2. The second-order valence-corrected chi connectivity index (χ2v) is 7.65. The predicted octanol–water partition coefficient (Wildman–Crippen LogP) is 2.22. The lowest BCUT2D eigenvalue weighted by atomic mass is 10.1. The van der Waals surface area contributed by atoms with E-state index in [1.54, 1.807) is 12.1 Å². The predicted molar refractivity (Wildman–Crippen MR) is 106 cm³/mol. The fourth-order valence-electron chi connectivity index (χ4n) is 3.53. The van der Waals surface area contributed by atoms with Gasteiger partial charge in [0.25, 0.3) is 0 Å². The lowest BCUT2D eigenvalue weighted by molar-refractivity contribution is -0.120. The van der Waals surface area contributed by atoms with Crippen molar-refractivity contribution in [3.8, 4) is 0 Å². The highest BCUT2D eigenvalue weighted by Crippen LogP contribution is 2.12. The molecule has 0 radical (unpaired) electrons. The molecule has 7 heteroatoms. The summed E-state index contributed by atoms with van der Waals surface area (Å²) in [6.45, 7) is 9.12. The first-order chi connectivity index (χ1) is 13.5. The first-order valence-electron chi connectivity index (χ1n) is 10.2. The van der Waals surface area contributed by atoms with Crippen LogP contribution in [0.3, 0.4) is 0 Å². The van der Waals surface area contributed by atoms with Gasteiger partial charge in [-0.1, -0.05) is 32.4 Å². The smallest absolute Gasteiger partial charge is 0.224 e. The third-order valence-corrected chi connectivity index (χ3v) is 5.41. The Morgan fingerprint density at radius 3 is 2.75 bits per heavy atom. The van der Waals surface area contributed by atoms with Crippen LogP contribution in [0.2, 0.25) is 0 Å². The summed E-state index contributed by atoms with van der Waals surface area (Å²) in [6.07, 6.45) is 3.03. The van der Waals surface area contributed by atoms with Crippen molar-refractivity contribution in [3.05, 3.63) is 47.3 Å². The summed E-state index contributed by atoms with van der Waals surface area (Å²) in [5, 5.41) is 11.6. The molecule has 1 aromatic heterocycles. The highest BCUT2D eigenvalue weighted by molar-refractivity contribution is 5.78. The molecule has 1 aliphatic rings. The summed E-state index contributed by atoms with van der Waals surface area (Å²) in [5.41, 5.74) is 0.802. The Hall–Kier alpha value is -2.28. The van der Waals surface area contributed by atoms with Crippen LogP contribution < -0.4 is 5.32 Å². The highest BCUT2D eigenvalue weighted by atomic mass is 19.1. The SMILES string of the molecule is CCC(C)CN1CCc2nnc(CCNC(=O)Cc3ccc(F)cc3)n2CC1. The van der Waals surface area contributed by atoms with E-state index in [-0.39, 0.29) is 18.1 Å². The molecule has 1 aliphatic heterocycles. The van der Waals surface area contributed by atoms with Crippen LogP contribution in [0.4, 0.5) is 4.39 Å². The van der Waals surface area contributed by atoms with E-state index in [0.29, 0.717) is 18.9 Å². The zero-order chi connectivity index (χ0) is 19.9. The number of hydrogen-bond donors (Lipinski definition) is 1. The van der Waals surface area contributed by atoms with Gasteiger partial charge in [0.2, 0.25) is 5.91 Å². The second-order valence-electron chi connectivity index (χ2n) is 7.65. The molecule has 0 saturated heterocycles. The lowest BCUT2D eigenvalue weighted by Gasteiger charge is -2.22. The zero-order valence-electron chi connectivity index (χ0n) is 16.8. The first kappa shape index (κ1) is 20.5. The molecule has 2 heterocycles. The van der Waals surface area contributed by atoms with Crippen LogP contribution in [0, 0.1) is 11.7 Å². The maximum atomic E-state index is 12.9. The molecule has 0 bridgehead atoms. The van der Waals surface area contributed by atoms with Crippen LogP contribution in [0.15, 0.2) is 24.3 Å². The summed E-state index contributed by atoms with van der Waals surface area (Å²) < 4.78 is 15.1. The molecule has 1 atom stereocenters. The molecule has 1 aromatic carbocycles. The third-order valence-electron chi connectivity index (χ3n) is 5.41. The summed E-state index contributed by atoms with van der Waals surface area (Å²) in [4.78, 5) is 14.6. The van der Waals surface area contributed by atoms with Gasteiger partial charge in [-0.15, -0.1) is 10.2 Å². The van der Waals surface area contributed by atoms with E-state index in [1.165, 1.54) is 18.6 Å². The zero-order valence-corrected chi connectivity index (χ0v) is 16.8. The van der Waals surface area contributed by atoms with Crippen molar-refractivity contribution in [1.29, 1.82) is 0 Å². The van der Waals surface area contributed by atoms with Gasteiger partial charge in [-0.25, -0.2) is 4.39 Å². The monoisotopic (exact) mass is 387 g/mol. The maximum Gasteiger partial charge on any atom is 0.224 e. The van der Waals surface area contributed by atoms with E-state index in [9.17, 15) is 9.18 Å². The Kier molecular flexibility index (Phi) is 7.14. The minimum absolute atomic E-state index is 0.0676. The molecule has 0 fully saturated rings. The van der Waals surface area contributed by atoms with Crippen LogP contribution >= 0.6 is 0 Å². The molecule has 152 valence electrons. The van der Waals surface area contributed by atoms with Crippen molar-refractivity contribution in [2.45, 2.75) is 46.1 Å². The molecular weight excluding hydrogens is 357 g/mol. The van der Waals surface area contributed by atoms with Gasteiger partial charge in [0.05, 0.1) is 6.42 Å². The molecular formula is C21H30FN5O. The number of hydrogen-bond acceptors (Lipinski definition) is 4. The van der Waals surface area contributed by atoms with Crippen LogP contribution in [0.25, 0.3) is 0 Å². The summed E-state index contributed by atoms with van der Waals surface area (Å²) >= 11 is 0. The quantitative estimate of drug-likeness (QED) is 0.754. The molecule has 1 N–H and O–H groups in total. The van der Waals surface area contributed by atoms with Gasteiger partial charge in [-0.3, -0.25) is 4.79 Å².